The van der Waals surface area contributed by atoms with E-state index in [9.17, 15) is 14.3 Å². The van der Waals surface area contributed by atoms with Gasteiger partial charge in [-0.3, -0.25) is 9.89 Å². The molecule has 1 aromatic heterocycles. The number of aromatic amines is 1. The van der Waals surface area contributed by atoms with Gasteiger partial charge < -0.3 is 10.4 Å². The number of H-pyrrole nitrogens is 1. The highest BCUT2D eigenvalue weighted by atomic mass is 35.5. The van der Waals surface area contributed by atoms with Gasteiger partial charge in [-0.25, -0.2) is 9.37 Å². The number of aliphatic hydroxyl groups excluding tert-OH is 1. The molecular weight excluding hydrogens is 323 g/mol. The third kappa shape index (κ3) is 3.35. The maximum atomic E-state index is 13.8. The monoisotopic (exact) mass is 338 g/mol. The number of hydrogen-bond donors (Lipinski definition) is 3. The Hall–Kier alpha value is -1.99. The highest BCUT2D eigenvalue weighted by Gasteiger charge is 2.35. The minimum absolute atomic E-state index is 0.0808. The molecule has 1 saturated carbocycles. The topological polar surface area (TPSA) is 90.9 Å². The molecule has 0 bridgehead atoms. The minimum Gasteiger partial charge on any atom is -0.393 e. The molecule has 23 heavy (non-hydrogen) atoms. The van der Waals surface area contributed by atoms with Crippen LogP contribution in [0, 0.1) is 11.7 Å². The SMILES string of the molecule is O=C(NC[C@@H]1C[C@@H](c2ncn[nH]2)C[C@@H]1O)c1cccc(Cl)c1F. The third-order valence-electron chi connectivity index (χ3n) is 4.20. The van der Waals surface area contributed by atoms with E-state index in [0.717, 1.165) is 5.82 Å². The average molecular weight is 339 g/mol. The molecule has 3 atom stereocenters. The van der Waals surface area contributed by atoms with Crippen molar-refractivity contribution in [2.24, 2.45) is 5.92 Å². The van der Waals surface area contributed by atoms with E-state index in [0.29, 0.717) is 12.8 Å². The first-order valence-corrected chi connectivity index (χ1v) is 7.69. The second-order valence-corrected chi connectivity index (χ2v) is 6.09. The molecule has 1 fully saturated rings. The van der Waals surface area contributed by atoms with Gasteiger partial charge in [0.05, 0.1) is 16.7 Å². The molecule has 2 aromatic rings. The number of benzene rings is 1. The van der Waals surface area contributed by atoms with Gasteiger partial charge >= 0.3 is 0 Å². The first-order chi connectivity index (χ1) is 11.1. The highest BCUT2D eigenvalue weighted by Crippen LogP contribution is 2.36. The summed E-state index contributed by atoms with van der Waals surface area (Å²) in [5.41, 5.74) is -0.100. The van der Waals surface area contributed by atoms with E-state index in [2.05, 4.69) is 20.5 Å². The second-order valence-electron chi connectivity index (χ2n) is 5.68. The second kappa shape index (κ2) is 6.64. The summed E-state index contributed by atoms with van der Waals surface area (Å²) in [6.45, 7) is 0.261. The molecule has 1 aromatic carbocycles. The minimum atomic E-state index is -0.738. The molecule has 1 amide bonds. The first-order valence-electron chi connectivity index (χ1n) is 7.31. The van der Waals surface area contributed by atoms with Gasteiger partial charge in [0, 0.05) is 18.4 Å². The van der Waals surface area contributed by atoms with E-state index >= 15 is 0 Å². The first kappa shape index (κ1) is 15.9. The Balaban J connectivity index is 1.60. The van der Waals surface area contributed by atoms with Gasteiger partial charge in [-0.05, 0) is 25.0 Å². The highest BCUT2D eigenvalue weighted by molar-refractivity contribution is 6.31. The Morgan fingerprint density at radius 2 is 2.30 bits per heavy atom. The lowest BCUT2D eigenvalue weighted by Crippen LogP contribution is -2.32. The predicted molar refractivity (Wildman–Crippen MR) is 81.6 cm³/mol. The molecule has 1 aliphatic rings. The van der Waals surface area contributed by atoms with Crippen LogP contribution in [0.4, 0.5) is 4.39 Å². The predicted octanol–water partition coefficient (Wildman–Crippen LogP) is 1.88. The summed E-state index contributed by atoms with van der Waals surface area (Å²) in [4.78, 5) is 16.2. The van der Waals surface area contributed by atoms with Crippen LogP contribution in [0.5, 0.6) is 0 Å². The number of carbonyl (C=O) groups excluding carboxylic acids is 1. The lowest BCUT2D eigenvalue weighted by molar-refractivity contribution is 0.0913. The number of carbonyl (C=O) groups is 1. The Kier molecular flexibility index (Phi) is 4.58. The van der Waals surface area contributed by atoms with Gasteiger partial charge in [0.1, 0.15) is 12.2 Å². The Bertz CT molecular complexity index is 695. The molecule has 0 radical (unpaired) electrons. The van der Waals surface area contributed by atoms with Crippen LogP contribution in [0.1, 0.15) is 34.9 Å². The van der Waals surface area contributed by atoms with Crippen LogP contribution < -0.4 is 5.32 Å². The molecule has 122 valence electrons. The zero-order valence-electron chi connectivity index (χ0n) is 12.2. The fourth-order valence-electron chi connectivity index (χ4n) is 2.96. The summed E-state index contributed by atoms with van der Waals surface area (Å²) >= 11 is 5.67. The molecule has 0 saturated heterocycles. The van der Waals surface area contributed by atoms with E-state index in [1.165, 1.54) is 24.5 Å². The molecule has 6 nitrogen and oxygen atoms in total. The van der Waals surface area contributed by atoms with E-state index in [1.807, 2.05) is 0 Å². The van der Waals surface area contributed by atoms with Crippen LogP contribution in [0.2, 0.25) is 5.02 Å². The van der Waals surface area contributed by atoms with Crippen molar-refractivity contribution in [1.29, 1.82) is 0 Å². The summed E-state index contributed by atoms with van der Waals surface area (Å²) in [6.07, 6.45) is 2.11. The quantitative estimate of drug-likeness (QED) is 0.794. The number of hydrogen-bond acceptors (Lipinski definition) is 4. The molecule has 1 aliphatic carbocycles. The Morgan fingerprint density at radius 1 is 1.48 bits per heavy atom. The number of nitrogens with zero attached hydrogens (tertiary/aromatic N) is 2. The standard InChI is InChI=1S/C15H16ClFN4O2/c16-11-3-1-2-10(13(11)17)15(23)18-6-9-4-8(5-12(9)22)14-19-7-20-21-14/h1-3,7-9,12,22H,4-6H2,(H,18,23)(H,19,20,21)/t8-,9+,12+/m1/s1. The van der Waals surface area contributed by atoms with Crippen molar-refractivity contribution >= 4 is 17.5 Å². The Labute approximate surface area is 137 Å². The van der Waals surface area contributed by atoms with E-state index in [1.54, 1.807) is 0 Å². The van der Waals surface area contributed by atoms with Gasteiger partial charge in [-0.1, -0.05) is 17.7 Å². The molecule has 0 unspecified atom stereocenters. The molecular formula is C15H16ClFN4O2. The normalized spacial score (nSPS) is 23.9. The van der Waals surface area contributed by atoms with Crippen molar-refractivity contribution in [3.05, 3.63) is 46.8 Å². The summed E-state index contributed by atoms with van der Waals surface area (Å²) in [5.74, 6) is -0.578. The number of aromatic nitrogens is 3. The van der Waals surface area contributed by atoms with Gasteiger partial charge in [0.2, 0.25) is 0 Å². The molecule has 3 rings (SSSR count). The van der Waals surface area contributed by atoms with Crippen molar-refractivity contribution in [2.75, 3.05) is 6.54 Å². The van der Waals surface area contributed by atoms with Gasteiger partial charge in [-0.2, -0.15) is 5.10 Å². The summed E-state index contributed by atoms with van der Waals surface area (Å²) < 4.78 is 13.8. The van der Waals surface area contributed by atoms with Gasteiger partial charge in [-0.15, -0.1) is 0 Å². The smallest absolute Gasteiger partial charge is 0.254 e. The molecule has 3 N–H and O–H groups in total. The molecule has 0 aliphatic heterocycles. The van der Waals surface area contributed by atoms with E-state index < -0.39 is 17.8 Å². The van der Waals surface area contributed by atoms with Crippen molar-refractivity contribution in [1.82, 2.24) is 20.5 Å². The summed E-state index contributed by atoms with van der Waals surface area (Å²) in [7, 11) is 0. The zero-order valence-corrected chi connectivity index (χ0v) is 12.9. The number of halogens is 2. The van der Waals surface area contributed by atoms with Crippen LogP contribution in [-0.4, -0.2) is 38.8 Å². The lowest BCUT2D eigenvalue weighted by atomic mass is 10.0. The van der Waals surface area contributed by atoms with Crippen LogP contribution in [0.3, 0.4) is 0 Å². The van der Waals surface area contributed by atoms with E-state index in [-0.39, 0.29) is 29.0 Å². The summed E-state index contributed by atoms with van der Waals surface area (Å²) in [5, 5.41) is 19.3. The number of nitrogens with one attached hydrogen (secondary N) is 2. The third-order valence-corrected chi connectivity index (χ3v) is 4.49. The van der Waals surface area contributed by atoms with Crippen molar-refractivity contribution < 1.29 is 14.3 Å². The number of rotatable bonds is 4. The van der Waals surface area contributed by atoms with Crippen LogP contribution in [0.25, 0.3) is 0 Å². The largest absolute Gasteiger partial charge is 0.393 e. The maximum absolute atomic E-state index is 13.8. The average Bonchev–Trinajstić information content (AvgIpc) is 3.17. The maximum Gasteiger partial charge on any atom is 0.254 e. The van der Waals surface area contributed by atoms with Gasteiger partial charge in [0.25, 0.3) is 5.91 Å². The van der Waals surface area contributed by atoms with Gasteiger partial charge in [0.15, 0.2) is 5.82 Å². The lowest BCUT2D eigenvalue weighted by Gasteiger charge is -2.15. The Morgan fingerprint density at radius 3 is 3.04 bits per heavy atom. The zero-order chi connectivity index (χ0) is 16.4. The molecule has 1 heterocycles. The number of aliphatic hydroxyl groups is 1. The summed E-state index contributed by atoms with van der Waals surface area (Å²) in [6, 6.07) is 4.28. The van der Waals surface area contributed by atoms with Crippen molar-refractivity contribution in [2.45, 2.75) is 24.9 Å². The van der Waals surface area contributed by atoms with E-state index in [4.69, 9.17) is 11.6 Å². The fourth-order valence-corrected chi connectivity index (χ4v) is 3.13. The van der Waals surface area contributed by atoms with Crippen molar-refractivity contribution in [3.8, 4) is 0 Å². The van der Waals surface area contributed by atoms with Crippen LogP contribution >= 0.6 is 11.6 Å². The van der Waals surface area contributed by atoms with Crippen LogP contribution in [0.15, 0.2) is 24.5 Å². The fraction of sp³-hybridized carbons (Fsp3) is 0.400. The molecule has 8 heteroatoms. The molecule has 0 spiro atoms. The van der Waals surface area contributed by atoms with Crippen molar-refractivity contribution in [3.63, 3.8) is 0 Å². The van der Waals surface area contributed by atoms with Crippen LogP contribution in [-0.2, 0) is 0 Å². The number of amides is 1.